The quantitative estimate of drug-likeness (QED) is 0.354. The third kappa shape index (κ3) is 4.61. The summed E-state index contributed by atoms with van der Waals surface area (Å²) < 4.78 is 11.4. The van der Waals surface area contributed by atoms with E-state index in [0.29, 0.717) is 36.5 Å². The fraction of sp³-hybridized carbons (Fsp3) is 0.259. The number of ketones is 1. The molecule has 176 valence electrons. The summed E-state index contributed by atoms with van der Waals surface area (Å²) in [5.74, 6) is -0.965. The molecule has 1 N–H and O–H groups in total. The molecular formula is C27H28N2O5. The van der Waals surface area contributed by atoms with Crippen molar-refractivity contribution in [3.8, 4) is 5.75 Å². The number of hydrogen-bond donors (Lipinski definition) is 1. The number of nitrogens with zero attached hydrogens (tertiary/aromatic N) is 2. The van der Waals surface area contributed by atoms with Crippen LogP contribution in [0.2, 0.25) is 0 Å². The Morgan fingerprint density at radius 2 is 2.00 bits per heavy atom. The smallest absolute Gasteiger partial charge is 0.290 e. The van der Waals surface area contributed by atoms with Gasteiger partial charge >= 0.3 is 0 Å². The molecule has 0 spiro atoms. The zero-order valence-electron chi connectivity index (χ0n) is 19.4. The molecule has 7 nitrogen and oxygen atoms in total. The van der Waals surface area contributed by atoms with E-state index in [1.54, 1.807) is 41.3 Å². The van der Waals surface area contributed by atoms with Crippen LogP contribution in [0.5, 0.6) is 5.75 Å². The van der Waals surface area contributed by atoms with Crippen LogP contribution in [0, 0.1) is 0 Å². The van der Waals surface area contributed by atoms with Gasteiger partial charge in [-0.2, -0.15) is 0 Å². The molecule has 3 aromatic rings. The molecule has 2 heterocycles. The molecule has 0 radical (unpaired) electrons. The molecular weight excluding hydrogens is 432 g/mol. The van der Waals surface area contributed by atoms with E-state index in [1.165, 1.54) is 0 Å². The third-order valence-electron chi connectivity index (χ3n) is 5.74. The van der Waals surface area contributed by atoms with Gasteiger partial charge in [0.05, 0.1) is 11.6 Å². The molecule has 1 aliphatic heterocycles. The number of benzene rings is 2. The molecule has 0 saturated carbocycles. The summed E-state index contributed by atoms with van der Waals surface area (Å²) in [6.07, 6.45) is 2.32. The predicted octanol–water partition coefficient (Wildman–Crippen LogP) is 4.53. The second kappa shape index (κ2) is 9.97. The SMILES string of the molecule is C=CCOc1cccc([C@@H]2C(C(=O)c3cc4ccccc4o3)=C(O)C(=O)N2CCCN(C)C)c1. The van der Waals surface area contributed by atoms with Crippen LogP contribution in [-0.2, 0) is 4.79 Å². The molecule has 1 amide bonds. The van der Waals surface area contributed by atoms with Crippen molar-refractivity contribution in [3.63, 3.8) is 0 Å². The minimum absolute atomic E-state index is 0.00906. The van der Waals surface area contributed by atoms with Gasteiger partial charge in [-0.15, -0.1) is 0 Å². The second-order valence-electron chi connectivity index (χ2n) is 8.47. The van der Waals surface area contributed by atoms with E-state index >= 15 is 0 Å². The monoisotopic (exact) mass is 460 g/mol. The first kappa shape index (κ1) is 23.3. The number of ether oxygens (including phenoxy) is 1. The highest BCUT2D eigenvalue weighted by atomic mass is 16.5. The van der Waals surface area contributed by atoms with E-state index in [-0.39, 0.29) is 11.3 Å². The number of rotatable bonds is 10. The van der Waals surface area contributed by atoms with E-state index in [2.05, 4.69) is 6.58 Å². The molecule has 1 atom stereocenters. The number of aliphatic hydroxyl groups is 1. The van der Waals surface area contributed by atoms with Crippen molar-refractivity contribution in [1.82, 2.24) is 9.80 Å². The van der Waals surface area contributed by atoms with Crippen LogP contribution in [-0.4, -0.2) is 60.4 Å². The maximum absolute atomic E-state index is 13.6. The van der Waals surface area contributed by atoms with Crippen molar-refractivity contribution in [3.05, 3.63) is 89.9 Å². The highest BCUT2D eigenvalue weighted by molar-refractivity contribution is 6.16. The summed E-state index contributed by atoms with van der Waals surface area (Å²) in [5, 5.41) is 11.6. The van der Waals surface area contributed by atoms with Crippen LogP contribution in [0.15, 0.2) is 83.0 Å². The largest absolute Gasteiger partial charge is 0.503 e. The standard InChI is InChI=1S/C27H28N2O5/c1-4-15-33-20-11-7-10-19(16-20)24-23(26(31)27(32)29(24)14-8-13-28(2)3)25(30)22-17-18-9-5-6-12-21(18)34-22/h4-7,9-12,16-17,24,31H,1,8,13-15H2,2-3H3/t24-/m1/s1. The fourth-order valence-corrected chi connectivity index (χ4v) is 4.18. The summed E-state index contributed by atoms with van der Waals surface area (Å²) in [6, 6.07) is 15.4. The molecule has 34 heavy (non-hydrogen) atoms. The number of carbonyl (C=O) groups is 2. The average Bonchev–Trinajstić information content (AvgIpc) is 3.37. The Labute approximate surface area is 198 Å². The number of furan rings is 1. The Morgan fingerprint density at radius 3 is 2.74 bits per heavy atom. The second-order valence-corrected chi connectivity index (χ2v) is 8.47. The van der Waals surface area contributed by atoms with Crippen LogP contribution in [0.1, 0.15) is 28.6 Å². The molecule has 1 aromatic heterocycles. The first-order valence-electron chi connectivity index (χ1n) is 11.2. The molecule has 0 saturated heterocycles. The molecule has 0 aliphatic carbocycles. The number of Topliss-reactive ketones (excluding diaryl/α,β-unsaturated/α-hetero) is 1. The van der Waals surface area contributed by atoms with Crippen molar-refractivity contribution in [2.24, 2.45) is 0 Å². The lowest BCUT2D eigenvalue weighted by atomic mass is 9.94. The minimum atomic E-state index is -0.761. The number of fused-ring (bicyclic) bond motifs is 1. The summed E-state index contributed by atoms with van der Waals surface area (Å²) in [6.45, 7) is 5.12. The molecule has 4 rings (SSSR count). The van der Waals surface area contributed by atoms with Crippen molar-refractivity contribution < 1.29 is 23.8 Å². The molecule has 7 heteroatoms. The molecule has 0 bridgehead atoms. The molecule has 1 aliphatic rings. The van der Waals surface area contributed by atoms with Gasteiger partial charge in [0.1, 0.15) is 17.9 Å². The lowest BCUT2D eigenvalue weighted by Gasteiger charge is -2.27. The lowest BCUT2D eigenvalue weighted by Crippen LogP contribution is -2.33. The number of amides is 1. The number of carbonyl (C=O) groups excluding carboxylic acids is 2. The van der Waals surface area contributed by atoms with Crippen LogP contribution in [0.3, 0.4) is 0 Å². The zero-order chi connectivity index (χ0) is 24.2. The maximum atomic E-state index is 13.6. The van der Waals surface area contributed by atoms with Crippen molar-refractivity contribution >= 4 is 22.7 Å². The molecule has 0 unspecified atom stereocenters. The zero-order valence-corrected chi connectivity index (χ0v) is 19.4. The van der Waals surface area contributed by atoms with Gasteiger partial charge in [0.15, 0.2) is 11.5 Å². The van der Waals surface area contributed by atoms with Gasteiger partial charge in [-0.1, -0.05) is 43.0 Å². The Kier molecular flexibility index (Phi) is 6.84. The van der Waals surface area contributed by atoms with Gasteiger partial charge in [0.25, 0.3) is 5.91 Å². The predicted molar refractivity (Wildman–Crippen MR) is 130 cm³/mol. The summed E-state index contributed by atoms with van der Waals surface area (Å²) in [7, 11) is 3.91. The minimum Gasteiger partial charge on any atom is -0.503 e. The highest BCUT2D eigenvalue weighted by Crippen LogP contribution is 2.40. The Bertz CT molecular complexity index is 1220. The first-order valence-corrected chi connectivity index (χ1v) is 11.2. The fourth-order valence-electron chi connectivity index (χ4n) is 4.18. The van der Waals surface area contributed by atoms with Gasteiger partial charge < -0.3 is 24.1 Å². The van der Waals surface area contributed by atoms with E-state index in [0.717, 1.165) is 11.9 Å². The average molecular weight is 461 g/mol. The number of hydrogen-bond acceptors (Lipinski definition) is 6. The molecule has 0 fully saturated rings. The van der Waals surface area contributed by atoms with E-state index in [9.17, 15) is 14.7 Å². The van der Waals surface area contributed by atoms with Gasteiger partial charge in [-0.25, -0.2) is 0 Å². The highest BCUT2D eigenvalue weighted by Gasteiger charge is 2.44. The summed E-state index contributed by atoms with van der Waals surface area (Å²) in [5.41, 5.74) is 1.24. The van der Waals surface area contributed by atoms with Crippen molar-refractivity contribution in [2.75, 3.05) is 33.8 Å². The van der Waals surface area contributed by atoms with Crippen LogP contribution in [0.25, 0.3) is 11.0 Å². The van der Waals surface area contributed by atoms with E-state index < -0.39 is 23.5 Å². The van der Waals surface area contributed by atoms with E-state index in [4.69, 9.17) is 9.15 Å². The van der Waals surface area contributed by atoms with Crippen molar-refractivity contribution in [2.45, 2.75) is 12.5 Å². The lowest BCUT2D eigenvalue weighted by molar-refractivity contribution is -0.129. The van der Waals surface area contributed by atoms with Gasteiger partial charge in [-0.05, 0) is 56.9 Å². The molecule has 2 aromatic carbocycles. The first-order chi connectivity index (χ1) is 16.4. The van der Waals surface area contributed by atoms with Crippen molar-refractivity contribution in [1.29, 1.82) is 0 Å². The van der Waals surface area contributed by atoms with E-state index in [1.807, 2.05) is 43.3 Å². The van der Waals surface area contributed by atoms with Gasteiger partial charge in [-0.3, -0.25) is 9.59 Å². The Balaban J connectivity index is 1.74. The van der Waals surface area contributed by atoms with Crippen LogP contribution < -0.4 is 4.74 Å². The summed E-state index contributed by atoms with van der Waals surface area (Å²) >= 11 is 0. The Morgan fingerprint density at radius 1 is 1.21 bits per heavy atom. The third-order valence-corrected chi connectivity index (χ3v) is 5.74. The summed E-state index contributed by atoms with van der Waals surface area (Å²) in [4.78, 5) is 30.3. The van der Waals surface area contributed by atoms with Crippen LogP contribution in [0.4, 0.5) is 0 Å². The topological polar surface area (TPSA) is 83.2 Å². The maximum Gasteiger partial charge on any atom is 0.290 e. The normalized spacial score (nSPS) is 16.0. The Hall–Kier alpha value is -3.84. The van der Waals surface area contributed by atoms with Gasteiger partial charge in [0.2, 0.25) is 5.78 Å². The van der Waals surface area contributed by atoms with Gasteiger partial charge in [0, 0.05) is 11.9 Å². The number of para-hydroxylation sites is 1. The number of aliphatic hydroxyl groups excluding tert-OH is 1. The van der Waals surface area contributed by atoms with Crippen LogP contribution >= 0.6 is 0 Å².